The number of nitrogens with one attached hydrogen (secondary N) is 1. The summed E-state index contributed by atoms with van der Waals surface area (Å²) in [6, 6.07) is 15.6. The van der Waals surface area contributed by atoms with Crippen molar-refractivity contribution in [3.05, 3.63) is 70.7 Å². The highest BCUT2D eigenvalue weighted by Gasteiger charge is 2.37. The van der Waals surface area contributed by atoms with E-state index < -0.39 is 18.1 Å². The van der Waals surface area contributed by atoms with E-state index in [2.05, 4.69) is 34.6 Å². The summed E-state index contributed by atoms with van der Waals surface area (Å²) in [6.45, 7) is 0.695. The summed E-state index contributed by atoms with van der Waals surface area (Å²) in [7, 11) is 0. The molecule has 174 valence electrons. The van der Waals surface area contributed by atoms with Crippen LogP contribution >= 0.6 is 11.3 Å². The highest BCUT2D eigenvalue weighted by Crippen LogP contribution is 2.44. The van der Waals surface area contributed by atoms with Crippen molar-refractivity contribution in [3.63, 3.8) is 0 Å². The van der Waals surface area contributed by atoms with Crippen LogP contribution in [-0.4, -0.2) is 52.2 Å². The van der Waals surface area contributed by atoms with Crippen LogP contribution in [0, 0.1) is 0 Å². The molecule has 1 saturated heterocycles. The van der Waals surface area contributed by atoms with Crippen LogP contribution in [0.2, 0.25) is 0 Å². The van der Waals surface area contributed by atoms with Gasteiger partial charge in [-0.2, -0.15) is 0 Å². The number of likely N-dealkylation sites (tertiary alicyclic amines) is 1. The fraction of sp³-hybridized carbons (Fsp3) is 0.280. The van der Waals surface area contributed by atoms with E-state index in [1.807, 2.05) is 24.3 Å². The number of anilines is 1. The van der Waals surface area contributed by atoms with Gasteiger partial charge in [-0.25, -0.2) is 14.6 Å². The van der Waals surface area contributed by atoms with E-state index in [-0.39, 0.29) is 24.9 Å². The highest BCUT2D eigenvalue weighted by atomic mass is 32.1. The molecule has 34 heavy (non-hydrogen) atoms. The summed E-state index contributed by atoms with van der Waals surface area (Å²) in [5.41, 5.74) is 4.62. The van der Waals surface area contributed by atoms with Crippen molar-refractivity contribution in [1.82, 2.24) is 9.88 Å². The second-order valence-corrected chi connectivity index (χ2v) is 9.43. The first kappa shape index (κ1) is 22.1. The zero-order valence-electron chi connectivity index (χ0n) is 18.3. The van der Waals surface area contributed by atoms with Crippen LogP contribution in [-0.2, 0) is 20.7 Å². The first-order chi connectivity index (χ1) is 16.5. The van der Waals surface area contributed by atoms with Crippen molar-refractivity contribution in [2.45, 2.75) is 31.2 Å². The van der Waals surface area contributed by atoms with Crippen LogP contribution in [0.25, 0.3) is 11.1 Å². The fourth-order valence-corrected chi connectivity index (χ4v) is 5.32. The van der Waals surface area contributed by atoms with Crippen molar-refractivity contribution in [2.24, 2.45) is 0 Å². The first-order valence-corrected chi connectivity index (χ1v) is 11.9. The van der Waals surface area contributed by atoms with Crippen LogP contribution < -0.4 is 5.32 Å². The number of carboxylic acids is 1. The van der Waals surface area contributed by atoms with E-state index in [0.29, 0.717) is 24.5 Å². The van der Waals surface area contributed by atoms with E-state index in [9.17, 15) is 14.4 Å². The molecule has 2 aliphatic rings. The number of hydrogen-bond acceptors (Lipinski definition) is 6. The molecule has 0 spiro atoms. The lowest BCUT2D eigenvalue weighted by atomic mass is 9.98. The molecule has 0 saturated carbocycles. The summed E-state index contributed by atoms with van der Waals surface area (Å²) in [4.78, 5) is 42.2. The summed E-state index contributed by atoms with van der Waals surface area (Å²) < 4.78 is 5.54. The van der Waals surface area contributed by atoms with E-state index in [1.54, 1.807) is 6.20 Å². The van der Waals surface area contributed by atoms with Crippen LogP contribution in [0.15, 0.2) is 54.7 Å². The molecule has 9 heteroatoms. The van der Waals surface area contributed by atoms with Crippen molar-refractivity contribution < 1.29 is 24.2 Å². The van der Waals surface area contributed by atoms with Crippen molar-refractivity contribution in [2.75, 3.05) is 18.5 Å². The number of carboxylic acid groups (broad SMARTS) is 1. The Morgan fingerprint density at radius 1 is 1.09 bits per heavy atom. The molecule has 0 bridgehead atoms. The second kappa shape index (κ2) is 9.26. The molecule has 5 rings (SSSR count). The van der Waals surface area contributed by atoms with Crippen LogP contribution in [0.4, 0.5) is 9.93 Å². The van der Waals surface area contributed by atoms with Gasteiger partial charge in [0.15, 0.2) is 5.13 Å². The molecule has 0 radical (unpaired) electrons. The van der Waals surface area contributed by atoms with Gasteiger partial charge in [0.2, 0.25) is 5.91 Å². The average molecular weight is 478 g/mol. The Balaban J connectivity index is 1.14. The third-order valence-corrected chi connectivity index (χ3v) is 7.29. The van der Waals surface area contributed by atoms with E-state index in [4.69, 9.17) is 9.84 Å². The van der Waals surface area contributed by atoms with Gasteiger partial charge >= 0.3 is 12.1 Å². The van der Waals surface area contributed by atoms with Gasteiger partial charge in [0, 0.05) is 30.0 Å². The van der Waals surface area contributed by atoms with Crippen LogP contribution in [0.1, 0.15) is 34.8 Å². The number of aryl methyl sites for hydroxylation is 1. The number of nitrogens with zero attached hydrogens (tertiary/aromatic N) is 2. The molecule has 8 nitrogen and oxygen atoms in total. The van der Waals surface area contributed by atoms with Gasteiger partial charge in [-0.3, -0.25) is 10.1 Å². The molecule has 1 aliphatic heterocycles. The van der Waals surface area contributed by atoms with Crippen molar-refractivity contribution in [3.8, 4) is 11.1 Å². The largest absolute Gasteiger partial charge is 0.480 e. The number of aliphatic carboxylic acids is 1. The molecule has 1 aromatic heterocycles. The number of thiazole rings is 1. The summed E-state index contributed by atoms with van der Waals surface area (Å²) in [6.07, 6.45) is 2.17. The van der Waals surface area contributed by atoms with Gasteiger partial charge in [-0.05, 0) is 35.1 Å². The molecular weight excluding hydrogens is 454 g/mol. The number of amides is 2. The van der Waals surface area contributed by atoms with Crippen LogP contribution in [0.3, 0.4) is 0 Å². The molecule has 1 unspecified atom stereocenters. The van der Waals surface area contributed by atoms with Gasteiger partial charge in [-0.15, -0.1) is 11.3 Å². The molecule has 3 aromatic rings. The molecule has 2 aromatic carbocycles. The first-order valence-electron chi connectivity index (χ1n) is 11.1. The number of carbonyl (C=O) groups is 3. The minimum Gasteiger partial charge on any atom is -0.480 e. The number of carbonyl (C=O) groups excluding carboxylic acids is 2. The summed E-state index contributed by atoms with van der Waals surface area (Å²) >= 11 is 1.27. The number of benzene rings is 2. The maximum Gasteiger partial charge on any atom is 0.413 e. The zero-order chi connectivity index (χ0) is 23.7. The fourth-order valence-electron chi connectivity index (χ4n) is 4.52. The van der Waals surface area contributed by atoms with Crippen molar-refractivity contribution >= 4 is 34.4 Å². The smallest absolute Gasteiger partial charge is 0.413 e. The van der Waals surface area contributed by atoms with Gasteiger partial charge in [0.05, 0.1) is 0 Å². The molecule has 2 heterocycles. The number of hydrogen-bond donors (Lipinski definition) is 2. The summed E-state index contributed by atoms with van der Waals surface area (Å²) in [5.74, 6) is -1.17. The zero-order valence-corrected chi connectivity index (χ0v) is 19.1. The number of ether oxygens (including phenoxy) is 1. The highest BCUT2D eigenvalue weighted by molar-refractivity contribution is 7.15. The Morgan fingerprint density at radius 2 is 1.76 bits per heavy atom. The maximum atomic E-state index is 12.4. The molecule has 1 aliphatic carbocycles. The molecule has 1 fully saturated rings. The quantitative estimate of drug-likeness (QED) is 0.530. The lowest BCUT2D eigenvalue weighted by Gasteiger charge is -2.38. The molecule has 2 amide bonds. The van der Waals surface area contributed by atoms with Crippen LogP contribution in [0.5, 0.6) is 0 Å². The maximum absolute atomic E-state index is 12.4. The Morgan fingerprint density at radius 3 is 2.38 bits per heavy atom. The topological polar surface area (TPSA) is 109 Å². The normalized spacial score (nSPS) is 16.4. The lowest BCUT2D eigenvalue weighted by Crippen LogP contribution is -2.55. The second-order valence-electron chi connectivity index (χ2n) is 8.31. The van der Waals surface area contributed by atoms with Gasteiger partial charge < -0.3 is 14.7 Å². The Kier molecular flexibility index (Phi) is 6.02. The third kappa shape index (κ3) is 4.26. The molecule has 1 atom stereocenters. The standard InChI is InChI=1S/C25H23N3O5S/c29-22(28-12-11-21(28)23(30)31)10-9-15-13-26-24(34-15)27-25(32)33-14-20-18-7-3-1-5-16(18)17-6-2-4-8-19(17)20/h1-8,13,20-21H,9-12,14H2,(H,30,31)(H,26,27,32). The average Bonchev–Trinajstić information content (AvgIpc) is 3.37. The number of rotatable bonds is 7. The van der Waals surface area contributed by atoms with Gasteiger partial charge in [-0.1, -0.05) is 48.5 Å². The number of aromatic nitrogens is 1. The SMILES string of the molecule is O=C(Nc1ncc(CCC(=O)N2CCC2C(=O)O)s1)OCC1c2ccccc2-c2ccccc21. The van der Waals surface area contributed by atoms with Gasteiger partial charge in [0.25, 0.3) is 0 Å². The number of fused-ring (bicyclic) bond motifs is 3. The minimum absolute atomic E-state index is 0.0212. The Bertz CT molecular complexity index is 1210. The lowest BCUT2D eigenvalue weighted by molar-refractivity contribution is -0.157. The van der Waals surface area contributed by atoms with E-state index in [1.165, 1.54) is 27.4 Å². The van der Waals surface area contributed by atoms with Crippen molar-refractivity contribution in [1.29, 1.82) is 0 Å². The van der Waals surface area contributed by atoms with E-state index in [0.717, 1.165) is 16.0 Å². The predicted molar refractivity (Wildman–Crippen MR) is 127 cm³/mol. The predicted octanol–water partition coefficient (Wildman–Crippen LogP) is 4.12. The monoisotopic (exact) mass is 477 g/mol. The molecule has 2 N–H and O–H groups in total. The molecular formula is C25H23N3O5S. The summed E-state index contributed by atoms with van der Waals surface area (Å²) in [5, 5.41) is 12.1. The Labute approximate surface area is 200 Å². The third-order valence-electron chi connectivity index (χ3n) is 6.32. The van der Waals surface area contributed by atoms with E-state index >= 15 is 0 Å². The minimum atomic E-state index is -0.966. The Hall–Kier alpha value is -3.72. The van der Waals surface area contributed by atoms with Gasteiger partial charge in [0.1, 0.15) is 12.6 Å².